The molecule has 0 bridgehead atoms. The van der Waals surface area contributed by atoms with E-state index in [0.717, 1.165) is 29.1 Å². The highest BCUT2D eigenvalue weighted by atomic mass is 15.1. The number of aromatic nitrogens is 2. The maximum Gasteiger partial charge on any atom is 0.141 e. The first-order valence-corrected chi connectivity index (χ1v) is 10.4. The number of benzene rings is 2. The Morgan fingerprint density at radius 3 is 2.33 bits per heavy atom. The first kappa shape index (κ1) is 19.5. The third kappa shape index (κ3) is 4.71. The Kier molecular flexibility index (Phi) is 6.54. The Labute approximate surface area is 163 Å². The molecule has 2 N–H and O–H groups in total. The van der Waals surface area contributed by atoms with Crippen molar-refractivity contribution in [1.29, 1.82) is 0 Å². The standard InChI is InChI=1S/C24H33N3/c1-4-5-6-7-8-9-10-14-27-23-16-19(3)18(2)15-22(23)26-24(27)20-12-11-13-21(25)17-20/h11-13,15-17H,4-10,14,25H2,1-3H3. The van der Waals surface area contributed by atoms with E-state index in [4.69, 9.17) is 10.7 Å². The minimum Gasteiger partial charge on any atom is -0.399 e. The Balaban J connectivity index is 1.84. The van der Waals surface area contributed by atoms with Gasteiger partial charge in [-0.2, -0.15) is 0 Å². The van der Waals surface area contributed by atoms with Gasteiger partial charge < -0.3 is 10.3 Å². The number of anilines is 1. The number of hydrogen-bond acceptors (Lipinski definition) is 2. The van der Waals surface area contributed by atoms with Gasteiger partial charge in [0.1, 0.15) is 5.82 Å². The van der Waals surface area contributed by atoms with Gasteiger partial charge in [0.15, 0.2) is 0 Å². The fourth-order valence-corrected chi connectivity index (χ4v) is 3.73. The molecule has 0 saturated heterocycles. The lowest BCUT2D eigenvalue weighted by Gasteiger charge is -2.11. The van der Waals surface area contributed by atoms with Crippen LogP contribution in [0.5, 0.6) is 0 Å². The van der Waals surface area contributed by atoms with E-state index in [1.165, 1.54) is 61.6 Å². The van der Waals surface area contributed by atoms with Crippen LogP contribution in [0.3, 0.4) is 0 Å². The van der Waals surface area contributed by atoms with Gasteiger partial charge in [-0.3, -0.25) is 0 Å². The number of fused-ring (bicyclic) bond motifs is 1. The number of nitrogen functional groups attached to an aromatic ring is 1. The van der Waals surface area contributed by atoms with Gasteiger partial charge >= 0.3 is 0 Å². The maximum absolute atomic E-state index is 6.03. The van der Waals surface area contributed by atoms with Crippen molar-refractivity contribution < 1.29 is 0 Å². The molecule has 0 spiro atoms. The molecule has 0 radical (unpaired) electrons. The van der Waals surface area contributed by atoms with E-state index in [-0.39, 0.29) is 0 Å². The van der Waals surface area contributed by atoms with Crippen LogP contribution in [-0.4, -0.2) is 9.55 Å². The molecule has 0 unspecified atom stereocenters. The van der Waals surface area contributed by atoms with E-state index in [2.05, 4.69) is 43.5 Å². The molecular weight excluding hydrogens is 330 g/mol. The molecule has 0 amide bonds. The first-order chi connectivity index (χ1) is 13.1. The Hall–Kier alpha value is -2.29. The van der Waals surface area contributed by atoms with Gasteiger partial charge in [0.25, 0.3) is 0 Å². The molecule has 3 heteroatoms. The molecule has 27 heavy (non-hydrogen) atoms. The Morgan fingerprint density at radius 1 is 0.889 bits per heavy atom. The molecule has 1 heterocycles. The van der Waals surface area contributed by atoms with Crippen LogP contribution in [0.15, 0.2) is 36.4 Å². The number of imidazole rings is 1. The molecule has 3 aromatic rings. The van der Waals surface area contributed by atoms with Gasteiger partial charge in [-0.15, -0.1) is 0 Å². The zero-order valence-electron chi connectivity index (χ0n) is 17.1. The zero-order valence-corrected chi connectivity index (χ0v) is 17.1. The Morgan fingerprint density at radius 2 is 1.59 bits per heavy atom. The van der Waals surface area contributed by atoms with E-state index < -0.39 is 0 Å². The summed E-state index contributed by atoms with van der Waals surface area (Å²) in [4.78, 5) is 4.97. The molecule has 144 valence electrons. The lowest BCUT2D eigenvalue weighted by molar-refractivity contribution is 0.557. The number of hydrogen-bond donors (Lipinski definition) is 1. The third-order valence-electron chi connectivity index (χ3n) is 5.49. The number of nitrogens with zero attached hydrogens (tertiary/aromatic N) is 2. The molecule has 0 aliphatic heterocycles. The second-order valence-electron chi connectivity index (χ2n) is 7.76. The third-order valence-corrected chi connectivity index (χ3v) is 5.49. The van der Waals surface area contributed by atoms with Crippen molar-refractivity contribution in [3.05, 3.63) is 47.5 Å². The second kappa shape index (κ2) is 9.07. The molecule has 0 fully saturated rings. The average molecular weight is 364 g/mol. The fraction of sp³-hybridized carbons (Fsp3) is 0.458. The zero-order chi connectivity index (χ0) is 19.2. The topological polar surface area (TPSA) is 43.8 Å². The molecule has 0 atom stereocenters. The summed E-state index contributed by atoms with van der Waals surface area (Å²) in [7, 11) is 0. The largest absolute Gasteiger partial charge is 0.399 e. The van der Waals surface area contributed by atoms with Gasteiger partial charge in [-0.25, -0.2) is 4.98 Å². The predicted octanol–water partition coefficient (Wildman–Crippen LogP) is 6.65. The second-order valence-corrected chi connectivity index (χ2v) is 7.76. The van der Waals surface area contributed by atoms with Crippen LogP contribution in [0.4, 0.5) is 5.69 Å². The summed E-state index contributed by atoms with van der Waals surface area (Å²) in [5, 5.41) is 0. The number of nitrogens with two attached hydrogens (primary N) is 1. The van der Waals surface area contributed by atoms with Crippen LogP contribution >= 0.6 is 0 Å². The van der Waals surface area contributed by atoms with Gasteiger partial charge in [-0.05, 0) is 55.7 Å². The van der Waals surface area contributed by atoms with Crippen LogP contribution in [-0.2, 0) is 6.54 Å². The monoisotopic (exact) mass is 363 g/mol. The molecular formula is C24H33N3. The van der Waals surface area contributed by atoms with E-state index >= 15 is 0 Å². The smallest absolute Gasteiger partial charge is 0.141 e. The van der Waals surface area contributed by atoms with Crippen molar-refractivity contribution in [2.24, 2.45) is 0 Å². The minimum absolute atomic E-state index is 0.786. The maximum atomic E-state index is 6.03. The minimum atomic E-state index is 0.786. The fourth-order valence-electron chi connectivity index (χ4n) is 3.73. The highest BCUT2D eigenvalue weighted by Crippen LogP contribution is 2.28. The summed E-state index contributed by atoms with van der Waals surface area (Å²) in [5.41, 5.74) is 12.9. The lowest BCUT2D eigenvalue weighted by Crippen LogP contribution is -2.01. The van der Waals surface area contributed by atoms with E-state index in [9.17, 15) is 0 Å². The van der Waals surface area contributed by atoms with Crippen LogP contribution in [0.2, 0.25) is 0 Å². The molecule has 1 aromatic heterocycles. The van der Waals surface area contributed by atoms with Crippen LogP contribution in [0.1, 0.15) is 63.0 Å². The van der Waals surface area contributed by atoms with Crippen molar-refractivity contribution in [2.45, 2.75) is 72.3 Å². The van der Waals surface area contributed by atoms with Crippen molar-refractivity contribution in [3.63, 3.8) is 0 Å². The van der Waals surface area contributed by atoms with Crippen molar-refractivity contribution in [1.82, 2.24) is 9.55 Å². The van der Waals surface area contributed by atoms with Crippen LogP contribution in [0, 0.1) is 13.8 Å². The average Bonchev–Trinajstić information content (AvgIpc) is 2.99. The number of aryl methyl sites for hydroxylation is 3. The SMILES string of the molecule is CCCCCCCCCn1c(-c2cccc(N)c2)nc2cc(C)c(C)cc21. The number of unbranched alkanes of at least 4 members (excludes halogenated alkanes) is 6. The van der Waals surface area contributed by atoms with Gasteiger partial charge in [0.05, 0.1) is 11.0 Å². The highest BCUT2D eigenvalue weighted by Gasteiger charge is 2.14. The van der Waals surface area contributed by atoms with Crippen molar-refractivity contribution in [3.8, 4) is 11.4 Å². The molecule has 3 nitrogen and oxygen atoms in total. The summed E-state index contributed by atoms with van der Waals surface area (Å²) in [6.07, 6.45) is 9.22. The summed E-state index contributed by atoms with van der Waals surface area (Å²) in [6.45, 7) is 7.62. The van der Waals surface area contributed by atoms with Crippen molar-refractivity contribution >= 4 is 16.7 Å². The molecule has 0 aliphatic carbocycles. The van der Waals surface area contributed by atoms with E-state index in [1.54, 1.807) is 0 Å². The summed E-state index contributed by atoms with van der Waals surface area (Å²) in [6, 6.07) is 12.6. The van der Waals surface area contributed by atoms with E-state index in [0.29, 0.717) is 0 Å². The van der Waals surface area contributed by atoms with Crippen LogP contribution in [0.25, 0.3) is 22.4 Å². The normalized spacial score (nSPS) is 11.4. The summed E-state index contributed by atoms with van der Waals surface area (Å²) in [5.74, 6) is 1.04. The van der Waals surface area contributed by atoms with Gasteiger partial charge in [0, 0.05) is 17.8 Å². The molecule has 2 aromatic carbocycles. The molecule has 3 rings (SSSR count). The summed E-state index contributed by atoms with van der Waals surface area (Å²) < 4.78 is 2.39. The van der Waals surface area contributed by atoms with Gasteiger partial charge in [0.2, 0.25) is 0 Å². The molecule has 0 aliphatic rings. The first-order valence-electron chi connectivity index (χ1n) is 10.4. The lowest BCUT2D eigenvalue weighted by atomic mass is 10.1. The molecule has 0 saturated carbocycles. The Bertz CT molecular complexity index is 892. The van der Waals surface area contributed by atoms with Gasteiger partial charge in [-0.1, -0.05) is 57.6 Å². The quantitative estimate of drug-likeness (QED) is 0.341. The predicted molar refractivity (Wildman–Crippen MR) is 117 cm³/mol. The van der Waals surface area contributed by atoms with Crippen molar-refractivity contribution in [2.75, 3.05) is 5.73 Å². The highest BCUT2D eigenvalue weighted by molar-refractivity contribution is 5.82. The summed E-state index contributed by atoms with van der Waals surface area (Å²) >= 11 is 0. The van der Waals surface area contributed by atoms with E-state index in [1.807, 2.05) is 18.2 Å². The van der Waals surface area contributed by atoms with Crippen LogP contribution < -0.4 is 5.73 Å². The number of rotatable bonds is 9.